The number of carbonyl (C=O) groups is 1. The maximum Gasteiger partial charge on any atom is 0.416 e. The molecule has 2 amide bonds. The smallest absolute Gasteiger partial charge is 0.382 e. The Balaban J connectivity index is 1.41. The summed E-state index contributed by atoms with van der Waals surface area (Å²) in [5.41, 5.74) is 8.00. The highest BCUT2D eigenvalue weighted by atomic mass is 35.5. The van der Waals surface area contributed by atoms with Crippen LogP contribution in [-0.4, -0.2) is 51.8 Å². The predicted molar refractivity (Wildman–Crippen MR) is 143 cm³/mol. The Kier molecular flexibility index (Phi) is 7.54. The Bertz CT molecular complexity index is 1540. The summed E-state index contributed by atoms with van der Waals surface area (Å²) in [4.78, 5) is 18.8. The van der Waals surface area contributed by atoms with Crippen molar-refractivity contribution in [2.24, 2.45) is 0 Å². The Morgan fingerprint density at radius 3 is 2.59 bits per heavy atom. The minimum atomic E-state index is -4.53. The number of hydrogen-bond donors (Lipinski definition) is 3. The van der Waals surface area contributed by atoms with E-state index in [-0.39, 0.29) is 22.2 Å². The number of nitrogen functional groups attached to an aromatic ring is 1. The van der Waals surface area contributed by atoms with E-state index in [1.54, 1.807) is 22.7 Å². The van der Waals surface area contributed by atoms with Gasteiger partial charge in [-0.3, -0.25) is 4.90 Å². The van der Waals surface area contributed by atoms with Crippen molar-refractivity contribution in [1.29, 1.82) is 0 Å². The standard InChI is InChI=1S/C25H22Cl2F3N7O2/c26-17-10-14(4-5-18(17)35-24(38)34-16-3-1-2-15(11-16)25(28,29)30)20-21(27)19(12-36-6-8-39-9-7-36)37-22(20)23(31)32-13-33-37/h1-5,10-11,13H,6-9,12H2,(H2,31,32,33)(H2,34,35,38). The second kappa shape index (κ2) is 10.9. The van der Waals surface area contributed by atoms with E-state index in [0.29, 0.717) is 41.4 Å². The predicted octanol–water partition coefficient (Wildman–Crippen LogP) is 5.78. The van der Waals surface area contributed by atoms with Crippen LogP contribution in [0.3, 0.4) is 0 Å². The quantitative estimate of drug-likeness (QED) is 0.276. The van der Waals surface area contributed by atoms with Crippen LogP contribution in [0.4, 0.5) is 35.2 Å². The number of hydrogen-bond acceptors (Lipinski definition) is 6. The van der Waals surface area contributed by atoms with Gasteiger partial charge in [-0.2, -0.15) is 18.3 Å². The largest absolute Gasteiger partial charge is 0.416 e. The molecule has 1 aliphatic rings. The molecule has 3 heterocycles. The summed E-state index contributed by atoms with van der Waals surface area (Å²) >= 11 is 13.4. The number of alkyl halides is 3. The molecule has 0 atom stereocenters. The summed E-state index contributed by atoms with van der Waals surface area (Å²) in [6.07, 6.45) is -3.18. The molecule has 1 aliphatic heterocycles. The van der Waals surface area contributed by atoms with Gasteiger partial charge in [0.05, 0.1) is 40.2 Å². The second-order valence-electron chi connectivity index (χ2n) is 8.78. The van der Waals surface area contributed by atoms with Crippen LogP contribution in [0.2, 0.25) is 10.0 Å². The number of morpholine rings is 1. The number of carbonyl (C=O) groups excluding carboxylic acids is 1. The summed E-state index contributed by atoms with van der Waals surface area (Å²) in [6.45, 7) is 3.25. The number of nitrogens with one attached hydrogen (secondary N) is 2. The maximum atomic E-state index is 13.0. The van der Waals surface area contributed by atoms with Gasteiger partial charge < -0.3 is 21.1 Å². The van der Waals surface area contributed by atoms with E-state index in [0.717, 1.165) is 30.9 Å². The molecule has 2 aromatic heterocycles. The fraction of sp³-hybridized carbons (Fsp3) is 0.240. The van der Waals surface area contributed by atoms with Crippen LogP contribution in [0, 0.1) is 0 Å². The molecule has 2 aromatic carbocycles. The maximum absolute atomic E-state index is 13.0. The third-order valence-electron chi connectivity index (χ3n) is 6.21. The fourth-order valence-electron chi connectivity index (χ4n) is 4.35. The van der Waals surface area contributed by atoms with Gasteiger partial charge in [-0.05, 0) is 35.9 Å². The molecule has 0 unspecified atom stereocenters. The Hall–Kier alpha value is -3.58. The van der Waals surface area contributed by atoms with E-state index in [1.807, 2.05) is 0 Å². The van der Waals surface area contributed by atoms with Crippen molar-refractivity contribution in [1.82, 2.24) is 19.5 Å². The summed E-state index contributed by atoms with van der Waals surface area (Å²) < 4.78 is 46.0. The number of rotatable bonds is 5. The highest BCUT2D eigenvalue weighted by Gasteiger charge is 2.30. The number of anilines is 3. The van der Waals surface area contributed by atoms with E-state index in [1.165, 1.54) is 18.5 Å². The molecule has 0 bridgehead atoms. The minimum Gasteiger partial charge on any atom is -0.382 e. The van der Waals surface area contributed by atoms with Crippen LogP contribution in [-0.2, 0) is 17.5 Å². The lowest BCUT2D eigenvalue weighted by molar-refractivity contribution is -0.137. The number of nitrogens with zero attached hydrogens (tertiary/aromatic N) is 4. The van der Waals surface area contributed by atoms with E-state index in [2.05, 4.69) is 25.6 Å². The number of ether oxygens (including phenoxy) is 1. The van der Waals surface area contributed by atoms with Crippen LogP contribution in [0.15, 0.2) is 48.8 Å². The Labute approximate surface area is 230 Å². The first-order valence-corrected chi connectivity index (χ1v) is 12.5. The molecule has 204 valence electrons. The molecule has 14 heteroatoms. The molecule has 9 nitrogen and oxygen atoms in total. The van der Waals surface area contributed by atoms with Gasteiger partial charge in [-0.25, -0.2) is 14.3 Å². The van der Waals surface area contributed by atoms with Crippen molar-refractivity contribution in [3.63, 3.8) is 0 Å². The van der Waals surface area contributed by atoms with Gasteiger partial charge in [-0.1, -0.05) is 35.3 Å². The van der Waals surface area contributed by atoms with Crippen LogP contribution in [0.25, 0.3) is 16.6 Å². The summed E-state index contributed by atoms with van der Waals surface area (Å²) in [7, 11) is 0. The molecule has 4 N–H and O–H groups in total. The van der Waals surface area contributed by atoms with Gasteiger partial charge in [-0.15, -0.1) is 0 Å². The molecule has 0 radical (unpaired) electrons. The molecule has 1 fully saturated rings. The number of benzene rings is 2. The molecule has 0 aliphatic carbocycles. The number of aromatic nitrogens is 3. The number of fused-ring (bicyclic) bond motifs is 1. The van der Waals surface area contributed by atoms with Crippen molar-refractivity contribution in [3.8, 4) is 11.1 Å². The molecule has 4 aromatic rings. The Morgan fingerprint density at radius 1 is 1.10 bits per heavy atom. The minimum absolute atomic E-state index is 0.0228. The highest BCUT2D eigenvalue weighted by molar-refractivity contribution is 6.36. The van der Waals surface area contributed by atoms with Crippen LogP contribution >= 0.6 is 23.2 Å². The van der Waals surface area contributed by atoms with Crippen LogP contribution in [0.1, 0.15) is 11.3 Å². The fourth-order valence-corrected chi connectivity index (χ4v) is 4.91. The number of halogens is 5. The van der Waals surface area contributed by atoms with Crippen molar-refractivity contribution < 1.29 is 22.7 Å². The third kappa shape index (κ3) is 5.74. The number of nitrogens with two attached hydrogens (primary N) is 1. The van der Waals surface area contributed by atoms with Crippen molar-refractivity contribution in [3.05, 3.63) is 70.1 Å². The molecular formula is C25H22Cl2F3N7O2. The van der Waals surface area contributed by atoms with Gasteiger partial charge in [0.15, 0.2) is 5.82 Å². The lowest BCUT2D eigenvalue weighted by Crippen LogP contribution is -2.36. The van der Waals surface area contributed by atoms with E-state index in [4.69, 9.17) is 33.7 Å². The monoisotopic (exact) mass is 579 g/mol. The molecule has 0 spiro atoms. The highest BCUT2D eigenvalue weighted by Crippen LogP contribution is 2.41. The molecule has 1 saturated heterocycles. The molecule has 0 saturated carbocycles. The zero-order valence-electron chi connectivity index (χ0n) is 20.2. The van der Waals surface area contributed by atoms with Crippen molar-refractivity contribution in [2.45, 2.75) is 12.7 Å². The van der Waals surface area contributed by atoms with E-state index < -0.39 is 17.8 Å². The first-order chi connectivity index (χ1) is 18.6. The molecule has 5 rings (SSSR count). The SMILES string of the molecule is Nc1ncnn2c(CN3CCOCC3)c(Cl)c(-c3ccc(NC(=O)Nc4cccc(C(F)(F)F)c4)c(Cl)c3)c12. The topological polar surface area (TPSA) is 110 Å². The van der Waals surface area contributed by atoms with Gasteiger partial charge >= 0.3 is 12.2 Å². The van der Waals surface area contributed by atoms with Crippen molar-refractivity contribution >= 4 is 51.9 Å². The normalized spacial score (nSPS) is 14.5. The number of urea groups is 1. The van der Waals surface area contributed by atoms with Gasteiger partial charge in [0.1, 0.15) is 11.8 Å². The first-order valence-electron chi connectivity index (χ1n) is 11.8. The second-order valence-corrected chi connectivity index (χ2v) is 9.57. The van der Waals surface area contributed by atoms with Gasteiger partial charge in [0.2, 0.25) is 0 Å². The average molecular weight is 580 g/mol. The van der Waals surface area contributed by atoms with Crippen LogP contribution < -0.4 is 16.4 Å². The van der Waals surface area contributed by atoms with Crippen molar-refractivity contribution in [2.75, 3.05) is 42.7 Å². The molecular weight excluding hydrogens is 558 g/mol. The van der Waals surface area contributed by atoms with E-state index >= 15 is 0 Å². The molecule has 39 heavy (non-hydrogen) atoms. The summed E-state index contributed by atoms with van der Waals surface area (Å²) in [5.74, 6) is 0.230. The number of amides is 2. The Morgan fingerprint density at radius 2 is 1.87 bits per heavy atom. The lowest BCUT2D eigenvalue weighted by atomic mass is 10.1. The summed E-state index contributed by atoms with van der Waals surface area (Å²) in [6, 6.07) is 8.40. The third-order valence-corrected chi connectivity index (χ3v) is 6.93. The zero-order valence-corrected chi connectivity index (χ0v) is 21.7. The lowest BCUT2D eigenvalue weighted by Gasteiger charge is -2.26. The summed E-state index contributed by atoms with van der Waals surface area (Å²) in [5, 5.41) is 9.91. The van der Waals surface area contributed by atoms with Gasteiger partial charge in [0, 0.05) is 30.9 Å². The first kappa shape index (κ1) is 27.0. The van der Waals surface area contributed by atoms with Crippen LogP contribution in [0.5, 0.6) is 0 Å². The zero-order chi connectivity index (χ0) is 27.7. The van der Waals surface area contributed by atoms with Gasteiger partial charge in [0.25, 0.3) is 0 Å². The average Bonchev–Trinajstić information content (AvgIpc) is 3.18. The van der Waals surface area contributed by atoms with E-state index in [9.17, 15) is 18.0 Å².